The van der Waals surface area contributed by atoms with Gasteiger partial charge in [0.05, 0.1) is 0 Å². The molecule has 0 aromatic rings. The van der Waals surface area contributed by atoms with E-state index in [0.717, 1.165) is 0 Å². The van der Waals surface area contributed by atoms with Crippen molar-refractivity contribution in [2.75, 3.05) is 7.05 Å². The van der Waals surface area contributed by atoms with Gasteiger partial charge in [0, 0.05) is 19.5 Å². The first-order chi connectivity index (χ1) is 5.55. The molecule has 0 saturated heterocycles. The van der Waals surface area contributed by atoms with E-state index in [9.17, 15) is 8.42 Å². The Morgan fingerprint density at radius 2 is 2.17 bits per heavy atom. The SMILES string of the molecule is C#CCC(CC)NS(=O)(=O)NC. The summed E-state index contributed by atoms with van der Waals surface area (Å²) in [6, 6.07) is -0.174. The van der Waals surface area contributed by atoms with Gasteiger partial charge in [-0.25, -0.2) is 4.72 Å². The minimum Gasteiger partial charge on any atom is -0.205 e. The second kappa shape index (κ2) is 5.14. The summed E-state index contributed by atoms with van der Waals surface area (Å²) in [5.74, 6) is 2.41. The van der Waals surface area contributed by atoms with E-state index >= 15 is 0 Å². The Morgan fingerprint density at radius 1 is 1.58 bits per heavy atom. The number of terminal acetylenes is 1. The van der Waals surface area contributed by atoms with Crippen molar-refractivity contribution in [3.63, 3.8) is 0 Å². The van der Waals surface area contributed by atoms with Gasteiger partial charge in [0.15, 0.2) is 0 Å². The molecular formula is C7H14N2O2S. The molecule has 5 heteroatoms. The summed E-state index contributed by atoms with van der Waals surface area (Å²) < 4.78 is 26.5. The first-order valence-electron chi connectivity index (χ1n) is 3.70. The fraction of sp³-hybridized carbons (Fsp3) is 0.714. The lowest BCUT2D eigenvalue weighted by Crippen LogP contribution is -2.40. The van der Waals surface area contributed by atoms with Crippen LogP contribution in [0.5, 0.6) is 0 Å². The van der Waals surface area contributed by atoms with Crippen LogP contribution in [0.1, 0.15) is 19.8 Å². The molecule has 0 spiro atoms. The summed E-state index contributed by atoms with van der Waals surface area (Å²) in [7, 11) is -2.00. The lowest BCUT2D eigenvalue weighted by atomic mass is 10.2. The standard InChI is InChI=1S/C7H14N2O2S/c1-4-6-7(5-2)9-12(10,11)8-3/h1,7-9H,5-6H2,2-3H3. The number of nitrogens with one attached hydrogen (secondary N) is 2. The van der Waals surface area contributed by atoms with Crippen molar-refractivity contribution in [1.29, 1.82) is 0 Å². The molecule has 2 N–H and O–H groups in total. The average Bonchev–Trinajstić information content (AvgIpc) is 2.03. The van der Waals surface area contributed by atoms with Crippen molar-refractivity contribution in [2.24, 2.45) is 0 Å². The highest BCUT2D eigenvalue weighted by Gasteiger charge is 2.12. The van der Waals surface area contributed by atoms with E-state index in [1.807, 2.05) is 6.92 Å². The van der Waals surface area contributed by atoms with Crippen LogP contribution in [0.3, 0.4) is 0 Å². The van der Waals surface area contributed by atoms with Crippen molar-refractivity contribution in [3.05, 3.63) is 0 Å². The molecule has 0 heterocycles. The van der Waals surface area contributed by atoms with E-state index in [1.165, 1.54) is 7.05 Å². The van der Waals surface area contributed by atoms with Crippen LogP contribution in [-0.4, -0.2) is 21.5 Å². The second-order valence-electron chi connectivity index (χ2n) is 2.34. The van der Waals surface area contributed by atoms with Crippen LogP contribution >= 0.6 is 0 Å². The monoisotopic (exact) mass is 190 g/mol. The van der Waals surface area contributed by atoms with E-state index in [2.05, 4.69) is 15.4 Å². The van der Waals surface area contributed by atoms with Crippen molar-refractivity contribution in [3.8, 4) is 12.3 Å². The van der Waals surface area contributed by atoms with Gasteiger partial charge in [-0.05, 0) is 6.42 Å². The van der Waals surface area contributed by atoms with Crippen molar-refractivity contribution < 1.29 is 8.42 Å². The zero-order valence-corrected chi connectivity index (χ0v) is 8.11. The van der Waals surface area contributed by atoms with Gasteiger partial charge in [-0.3, -0.25) is 0 Å². The van der Waals surface area contributed by atoms with E-state index in [0.29, 0.717) is 12.8 Å². The number of hydrogen-bond acceptors (Lipinski definition) is 2. The molecular weight excluding hydrogens is 176 g/mol. The maximum absolute atomic E-state index is 11.0. The van der Waals surface area contributed by atoms with Gasteiger partial charge in [0.1, 0.15) is 0 Å². The van der Waals surface area contributed by atoms with E-state index in [1.54, 1.807) is 0 Å². The van der Waals surface area contributed by atoms with Gasteiger partial charge in [-0.2, -0.15) is 13.1 Å². The van der Waals surface area contributed by atoms with E-state index in [-0.39, 0.29) is 6.04 Å². The minimum absolute atomic E-state index is 0.174. The summed E-state index contributed by atoms with van der Waals surface area (Å²) in [6.07, 6.45) is 6.16. The summed E-state index contributed by atoms with van der Waals surface area (Å²) in [6.45, 7) is 1.88. The lowest BCUT2D eigenvalue weighted by Gasteiger charge is -2.13. The molecule has 0 amide bonds. The molecule has 0 aromatic heterocycles. The van der Waals surface area contributed by atoms with Gasteiger partial charge in [0.2, 0.25) is 0 Å². The molecule has 0 aliphatic carbocycles. The Labute approximate surface area is 73.9 Å². The summed E-state index contributed by atoms with van der Waals surface area (Å²) in [4.78, 5) is 0. The lowest BCUT2D eigenvalue weighted by molar-refractivity contribution is 0.537. The van der Waals surface area contributed by atoms with Gasteiger partial charge >= 0.3 is 0 Å². The summed E-state index contributed by atoms with van der Waals surface area (Å²) in [5, 5.41) is 0. The highest BCUT2D eigenvalue weighted by atomic mass is 32.2. The Morgan fingerprint density at radius 3 is 2.50 bits per heavy atom. The van der Waals surface area contributed by atoms with Crippen LogP contribution < -0.4 is 9.44 Å². The molecule has 70 valence electrons. The molecule has 1 unspecified atom stereocenters. The Bertz CT molecular complexity index is 253. The molecule has 0 radical (unpaired) electrons. The van der Waals surface area contributed by atoms with Gasteiger partial charge < -0.3 is 0 Å². The Balaban J connectivity index is 4.13. The molecule has 0 aliphatic rings. The minimum atomic E-state index is -3.35. The van der Waals surface area contributed by atoms with Crippen LogP contribution in [0.25, 0.3) is 0 Å². The predicted molar refractivity (Wildman–Crippen MR) is 48.6 cm³/mol. The summed E-state index contributed by atoms with van der Waals surface area (Å²) >= 11 is 0. The highest BCUT2D eigenvalue weighted by molar-refractivity contribution is 7.87. The predicted octanol–water partition coefficient (Wildman–Crippen LogP) is -0.158. The van der Waals surface area contributed by atoms with Gasteiger partial charge in [-0.1, -0.05) is 6.92 Å². The third kappa shape index (κ3) is 4.34. The van der Waals surface area contributed by atoms with E-state index < -0.39 is 10.2 Å². The zero-order valence-electron chi connectivity index (χ0n) is 7.29. The normalized spacial score (nSPS) is 13.8. The number of hydrogen-bond donors (Lipinski definition) is 2. The third-order valence-electron chi connectivity index (χ3n) is 1.45. The van der Waals surface area contributed by atoms with Crippen molar-refractivity contribution in [1.82, 2.24) is 9.44 Å². The van der Waals surface area contributed by atoms with Crippen LogP contribution in [0, 0.1) is 12.3 Å². The third-order valence-corrected chi connectivity index (χ3v) is 2.63. The van der Waals surface area contributed by atoms with Crippen molar-refractivity contribution in [2.45, 2.75) is 25.8 Å². The maximum Gasteiger partial charge on any atom is 0.276 e. The molecule has 0 rings (SSSR count). The first-order valence-corrected chi connectivity index (χ1v) is 5.18. The molecule has 0 saturated carbocycles. The second-order valence-corrected chi connectivity index (χ2v) is 3.99. The smallest absolute Gasteiger partial charge is 0.205 e. The highest BCUT2D eigenvalue weighted by Crippen LogP contribution is 1.96. The maximum atomic E-state index is 11.0. The Hall–Kier alpha value is -0.570. The van der Waals surface area contributed by atoms with Crippen LogP contribution in [0.4, 0.5) is 0 Å². The Kier molecular flexibility index (Phi) is 4.90. The van der Waals surface area contributed by atoms with Crippen molar-refractivity contribution >= 4 is 10.2 Å². The molecule has 0 bridgehead atoms. The average molecular weight is 190 g/mol. The molecule has 0 fully saturated rings. The number of rotatable bonds is 5. The largest absolute Gasteiger partial charge is 0.276 e. The fourth-order valence-corrected chi connectivity index (χ4v) is 1.50. The molecule has 1 atom stereocenters. The fourth-order valence-electron chi connectivity index (χ4n) is 0.690. The molecule has 0 aromatic carbocycles. The van der Waals surface area contributed by atoms with Gasteiger partial charge in [0.25, 0.3) is 10.2 Å². The first kappa shape index (κ1) is 11.4. The van der Waals surface area contributed by atoms with Crippen LogP contribution in [0.15, 0.2) is 0 Å². The zero-order chi connectivity index (χ0) is 9.61. The van der Waals surface area contributed by atoms with Crippen LogP contribution in [-0.2, 0) is 10.2 Å². The topological polar surface area (TPSA) is 58.2 Å². The van der Waals surface area contributed by atoms with Crippen LogP contribution in [0.2, 0.25) is 0 Å². The van der Waals surface area contributed by atoms with Gasteiger partial charge in [-0.15, -0.1) is 12.3 Å². The molecule has 4 nitrogen and oxygen atoms in total. The summed E-state index contributed by atoms with van der Waals surface area (Å²) in [5.41, 5.74) is 0. The molecule has 12 heavy (non-hydrogen) atoms. The molecule has 0 aliphatic heterocycles. The van der Waals surface area contributed by atoms with E-state index in [4.69, 9.17) is 6.42 Å². The quantitative estimate of drug-likeness (QED) is 0.592.